The minimum Gasteiger partial charge on any atom is -0.293 e. The Morgan fingerprint density at radius 2 is 1.77 bits per heavy atom. The Labute approximate surface area is 139 Å². The van der Waals surface area contributed by atoms with Gasteiger partial charge in [0, 0.05) is 21.8 Å². The number of hydrogen-bond acceptors (Lipinski definition) is 3. The van der Waals surface area contributed by atoms with Gasteiger partial charge in [-0.05, 0) is 43.0 Å². The molecule has 0 spiro atoms. The molecule has 0 atom stereocenters. The molecule has 22 heavy (non-hydrogen) atoms. The standard InChI is InChI=1S/C19H18OS2/c1-13-7-9-15(10-8-13)21-12-11-17(20)19-14(2)16-5-3-4-6-18(16)22-19/h3-10H,11-12H2,1-2H3. The van der Waals surface area contributed by atoms with Gasteiger partial charge in [-0.2, -0.15) is 0 Å². The number of fused-ring (bicyclic) bond motifs is 1. The maximum Gasteiger partial charge on any atom is 0.173 e. The van der Waals surface area contributed by atoms with Crippen molar-refractivity contribution in [1.29, 1.82) is 0 Å². The summed E-state index contributed by atoms with van der Waals surface area (Å²) in [6.07, 6.45) is 0.589. The van der Waals surface area contributed by atoms with Crippen LogP contribution in [0, 0.1) is 13.8 Å². The second kappa shape index (κ2) is 6.67. The largest absolute Gasteiger partial charge is 0.293 e. The summed E-state index contributed by atoms with van der Waals surface area (Å²) >= 11 is 3.37. The normalized spacial score (nSPS) is 11.0. The van der Waals surface area contributed by atoms with E-state index < -0.39 is 0 Å². The van der Waals surface area contributed by atoms with Crippen LogP contribution in [0.2, 0.25) is 0 Å². The molecule has 0 aliphatic carbocycles. The molecule has 0 radical (unpaired) electrons. The summed E-state index contributed by atoms with van der Waals surface area (Å²) in [7, 11) is 0. The highest BCUT2D eigenvalue weighted by Gasteiger charge is 2.14. The van der Waals surface area contributed by atoms with Crippen LogP contribution < -0.4 is 0 Å². The van der Waals surface area contributed by atoms with Crippen molar-refractivity contribution in [3.8, 4) is 0 Å². The quantitative estimate of drug-likeness (QED) is 0.430. The molecule has 0 bridgehead atoms. The zero-order valence-corrected chi connectivity index (χ0v) is 14.4. The highest BCUT2D eigenvalue weighted by Crippen LogP contribution is 2.32. The first kappa shape index (κ1) is 15.3. The van der Waals surface area contributed by atoms with Crippen LogP contribution >= 0.6 is 23.1 Å². The fraction of sp³-hybridized carbons (Fsp3) is 0.211. The van der Waals surface area contributed by atoms with Crippen molar-refractivity contribution in [1.82, 2.24) is 0 Å². The Kier molecular flexibility index (Phi) is 4.65. The van der Waals surface area contributed by atoms with E-state index in [1.54, 1.807) is 23.1 Å². The summed E-state index contributed by atoms with van der Waals surface area (Å²) in [4.78, 5) is 14.6. The molecule has 1 aromatic heterocycles. The van der Waals surface area contributed by atoms with E-state index in [9.17, 15) is 4.79 Å². The lowest BCUT2D eigenvalue weighted by Crippen LogP contribution is -1.99. The second-order valence-electron chi connectivity index (χ2n) is 5.39. The van der Waals surface area contributed by atoms with E-state index in [0.29, 0.717) is 6.42 Å². The van der Waals surface area contributed by atoms with E-state index in [2.05, 4.69) is 50.2 Å². The third kappa shape index (κ3) is 3.26. The molecule has 3 aromatic rings. The Morgan fingerprint density at radius 3 is 2.50 bits per heavy atom. The van der Waals surface area contributed by atoms with Crippen molar-refractivity contribution in [3.05, 3.63) is 64.5 Å². The third-order valence-corrected chi connectivity index (χ3v) is 6.04. The smallest absolute Gasteiger partial charge is 0.173 e. The van der Waals surface area contributed by atoms with E-state index in [4.69, 9.17) is 0 Å². The van der Waals surface area contributed by atoms with E-state index in [1.807, 2.05) is 12.1 Å². The molecule has 0 saturated carbocycles. The van der Waals surface area contributed by atoms with Gasteiger partial charge in [-0.25, -0.2) is 0 Å². The van der Waals surface area contributed by atoms with Crippen LogP contribution in [0.4, 0.5) is 0 Å². The zero-order valence-electron chi connectivity index (χ0n) is 12.8. The summed E-state index contributed by atoms with van der Waals surface area (Å²) in [6.45, 7) is 4.14. The van der Waals surface area contributed by atoms with Crippen LogP contribution in [0.3, 0.4) is 0 Å². The summed E-state index contributed by atoms with van der Waals surface area (Å²) in [6, 6.07) is 16.7. The maximum absolute atomic E-state index is 12.5. The minimum absolute atomic E-state index is 0.262. The monoisotopic (exact) mass is 326 g/mol. The molecule has 3 heteroatoms. The molecule has 1 nitrogen and oxygen atoms in total. The van der Waals surface area contributed by atoms with Gasteiger partial charge < -0.3 is 0 Å². The number of aryl methyl sites for hydroxylation is 2. The molecule has 0 fully saturated rings. The van der Waals surface area contributed by atoms with Crippen LogP contribution in [-0.4, -0.2) is 11.5 Å². The van der Waals surface area contributed by atoms with Gasteiger partial charge in [0.15, 0.2) is 5.78 Å². The maximum atomic E-state index is 12.5. The number of Topliss-reactive ketones (excluding diaryl/α,β-unsaturated/α-hetero) is 1. The number of benzene rings is 2. The van der Waals surface area contributed by atoms with Gasteiger partial charge in [0.1, 0.15) is 0 Å². The van der Waals surface area contributed by atoms with Gasteiger partial charge in [0.05, 0.1) is 4.88 Å². The Balaban J connectivity index is 1.66. The molecule has 112 valence electrons. The first-order chi connectivity index (χ1) is 10.6. The molecule has 3 rings (SSSR count). The molecule has 0 saturated heterocycles. The number of thiophene rings is 1. The van der Waals surface area contributed by atoms with Gasteiger partial charge in [-0.1, -0.05) is 35.9 Å². The molecule has 1 heterocycles. The van der Waals surface area contributed by atoms with Crippen LogP contribution in [0.15, 0.2) is 53.4 Å². The Morgan fingerprint density at radius 1 is 1.05 bits per heavy atom. The summed E-state index contributed by atoms with van der Waals surface area (Å²) < 4.78 is 1.20. The average Bonchev–Trinajstić information content (AvgIpc) is 2.87. The van der Waals surface area contributed by atoms with Crippen LogP contribution in [0.1, 0.15) is 27.2 Å². The van der Waals surface area contributed by atoms with Crippen LogP contribution in [-0.2, 0) is 0 Å². The van der Waals surface area contributed by atoms with Gasteiger partial charge in [-0.15, -0.1) is 23.1 Å². The number of carbonyl (C=O) groups excluding carboxylic acids is 1. The van der Waals surface area contributed by atoms with Gasteiger partial charge in [0.2, 0.25) is 0 Å². The summed E-state index contributed by atoms with van der Waals surface area (Å²) in [5.74, 6) is 1.09. The van der Waals surface area contributed by atoms with Crippen molar-refractivity contribution in [2.75, 3.05) is 5.75 Å². The zero-order chi connectivity index (χ0) is 15.5. The van der Waals surface area contributed by atoms with Crippen molar-refractivity contribution in [3.63, 3.8) is 0 Å². The Hall–Kier alpha value is -1.58. The van der Waals surface area contributed by atoms with Crippen LogP contribution in [0.25, 0.3) is 10.1 Å². The van der Waals surface area contributed by atoms with Crippen molar-refractivity contribution in [2.24, 2.45) is 0 Å². The lowest BCUT2D eigenvalue weighted by Gasteiger charge is -2.02. The SMILES string of the molecule is Cc1ccc(SCCC(=O)c2sc3ccccc3c2C)cc1. The van der Waals surface area contributed by atoms with E-state index in [-0.39, 0.29) is 5.78 Å². The highest BCUT2D eigenvalue weighted by atomic mass is 32.2. The van der Waals surface area contributed by atoms with E-state index in [1.165, 1.54) is 20.5 Å². The molecule has 0 amide bonds. The van der Waals surface area contributed by atoms with Crippen molar-refractivity contribution >= 4 is 39.0 Å². The first-order valence-corrected chi connectivity index (χ1v) is 9.16. The van der Waals surface area contributed by atoms with E-state index >= 15 is 0 Å². The minimum atomic E-state index is 0.262. The molecular weight excluding hydrogens is 308 g/mol. The van der Waals surface area contributed by atoms with Crippen molar-refractivity contribution < 1.29 is 4.79 Å². The molecule has 0 N–H and O–H groups in total. The highest BCUT2D eigenvalue weighted by molar-refractivity contribution is 7.99. The van der Waals surface area contributed by atoms with Gasteiger partial charge in [-0.3, -0.25) is 4.79 Å². The molecule has 0 aliphatic heterocycles. The van der Waals surface area contributed by atoms with Crippen molar-refractivity contribution in [2.45, 2.75) is 25.2 Å². The lowest BCUT2D eigenvalue weighted by atomic mass is 10.1. The van der Waals surface area contributed by atoms with Gasteiger partial charge in [0.25, 0.3) is 0 Å². The number of rotatable bonds is 5. The summed E-state index contributed by atoms with van der Waals surface area (Å²) in [5.41, 5.74) is 2.40. The molecule has 0 unspecified atom stereocenters. The Bertz CT molecular complexity index is 800. The predicted octanol–water partition coefficient (Wildman–Crippen LogP) is 5.88. The number of hydrogen-bond donors (Lipinski definition) is 0. The first-order valence-electron chi connectivity index (χ1n) is 7.36. The summed E-state index contributed by atoms with van der Waals surface area (Å²) in [5, 5.41) is 1.21. The topological polar surface area (TPSA) is 17.1 Å². The van der Waals surface area contributed by atoms with Gasteiger partial charge >= 0.3 is 0 Å². The second-order valence-corrected chi connectivity index (χ2v) is 7.61. The predicted molar refractivity (Wildman–Crippen MR) is 97.4 cm³/mol. The number of thioether (sulfide) groups is 1. The third-order valence-electron chi connectivity index (χ3n) is 3.72. The number of ketones is 1. The molecule has 0 aliphatic rings. The number of carbonyl (C=O) groups is 1. The fourth-order valence-electron chi connectivity index (χ4n) is 2.45. The average molecular weight is 326 g/mol. The fourth-order valence-corrected chi connectivity index (χ4v) is 4.48. The molecule has 2 aromatic carbocycles. The van der Waals surface area contributed by atoms with Crippen LogP contribution in [0.5, 0.6) is 0 Å². The van der Waals surface area contributed by atoms with E-state index in [0.717, 1.165) is 16.2 Å². The molecular formula is C19H18OS2. The lowest BCUT2D eigenvalue weighted by molar-refractivity contribution is 0.0993.